The van der Waals surface area contributed by atoms with E-state index in [1.807, 2.05) is 57.4 Å². The number of thiazole rings is 1. The summed E-state index contributed by atoms with van der Waals surface area (Å²) in [5.41, 5.74) is 3.81. The molecule has 1 aliphatic heterocycles. The van der Waals surface area contributed by atoms with E-state index in [-0.39, 0.29) is 18.3 Å². The van der Waals surface area contributed by atoms with E-state index < -0.39 is 0 Å². The molecule has 1 saturated heterocycles. The normalized spacial score (nSPS) is 14.0. The minimum atomic E-state index is -0.240. The lowest BCUT2D eigenvalue weighted by molar-refractivity contribution is -0.132. The number of hydrogen-bond donors (Lipinski definition) is 0. The highest BCUT2D eigenvalue weighted by Gasteiger charge is 2.22. The van der Waals surface area contributed by atoms with Crippen molar-refractivity contribution in [1.82, 2.24) is 14.5 Å². The second-order valence-electron chi connectivity index (χ2n) is 7.91. The molecule has 0 atom stereocenters. The lowest BCUT2D eigenvalue weighted by Crippen LogP contribution is -2.49. The van der Waals surface area contributed by atoms with E-state index >= 15 is 0 Å². The highest BCUT2D eigenvalue weighted by atomic mass is 35.5. The first-order valence-corrected chi connectivity index (χ1v) is 12.0. The molecule has 0 unspecified atom stereocenters. The molecule has 5 rings (SSSR count). The third kappa shape index (κ3) is 4.79. The molecule has 0 bridgehead atoms. The third-order valence-corrected chi connectivity index (χ3v) is 6.94. The van der Waals surface area contributed by atoms with Crippen molar-refractivity contribution in [3.05, 3.63) is 83.1 Å². The van der Waals surface area contributed by atoms with Crippen molar-refractivity contribution < 1.29 is 9.18 Å². The number of anilines is 1. The molecular weight excluding hydrogens is 459 g/mol. The topological polar surface area (TPSA) is 41.4 Å². The summed E-state index contributed by atoms with van der Waals surface area (Å²) in [5.74, 6) is -0.156. The first kappa shape index (κ1) is 21.7. The SMILES string of the molecule is O=C(Cn1cccc1-c1nc(-c2ccc(Cl)cc2)cs1)N1CCN(c2ccc(F)cc2)CC1. The number of aromatic nitrogens is 2. The molecule has 33 heavy (non-hydrogen) atoms. The molecule has 0 aliphatic carbocycles. The van der Waals surface area contributed by atoms with Crippen LogP contribution in [0.3, 0.4) is 0 Å². The van der Waals surface area contributed by atoms with Gasteiger partial charge < -0.3 is 14.4 Å². The van der Waals surface area contributed by atoms with Crippen LogP contribution in [-0.2, 0) is 11.3 Å². The van der Waals surface area contributed by atoms with Crippen LogP contribution in [0.1, 0.15) is 0 Å². The van der Waals surface area contributed by atoms with Crippen molar-refractivity contribution in [2.75, 3.05) is 31.1 Å². The highest BCUT2D eigenvalue weighted by Crippen LogP contribution is 2.30. The monoisotopic (exact) mass is 480 g/mol. The lowest BCUT2D eigenvalue weighted by Gasteiger charge is -2.36. The fourth-order valence-electron chi connectivity index (χ4n) is 4.00. The number of hydrogen-bond acceptors (Lipinski definition) is 4. The fraction of sp³-hybridized carbons (Fsp3) is 0.200. The maximum Gasteiger partial charge on any atom is 0.242 e. The van der Waals surface area contributed by atoms with Crippen LogP contribution in [-0.4, -0.2) is 46.5 Å². The second-order valence-corrected chi connectivity index (χ2v) is 9.20. The third-order valence-electron chi connectivity index (χ3n) is 5.82. The zero-order valence-electron chi connectivity index (χ0n) is 17.8. The molecule has 3 heterocycles. The van der Waals surface area contributed by atoms with Crippen LogP contribution in [0.4, 0.5) is 10.1 Å². The Labute approximate surface area is 200 Å². The molecule has 0 N–H and O–H groups in total. The van der Waals surface area contributed by atoms with Crippen molar-refractivity contribution in [3.8, 4) is 22.0 Å². The van der Waals surface area contributed by atoms with Gasteiger partial charge >= 0.3 is 0 Å². The Kier molecular flexibility index (Phi) is 6.15. The van der Waals surface area contributed by atoms with E-state index in [1.165, 1.54) is 12.1 Å². The van der Waals surface area contributed by atoms with Gasteiger partial charge in [0.05, 0.1) is 11.4 Å². The van der Waals surface area contributed by atoms with Gasteiger partial charge in [0.2, 0.25) is 5.91 Å². The molecule has 2 aromatic heterocycles. The number of piperazine rings is 1. The van der Waals surface area contributed by atoms with Crippen molar-refractivity contribution in [2.24, 2.45) is 0 Å². The smallest absolute Gasteiger partial charge is 0.242 e. The molecule has 168 valence electrons. The second kappa shape index (κ2) is 9.37. The predicted octanol–water partition coefficient (Wildman–Crippen LogP) is 5.42. The van der Waals surface area contributed by atoms with Gasteiger partial charge in [-0.2, -0.15) is 0 Å². The molecule has 1 fully saturated rings. The van der Waals surface area contributed by atoms with Crippen molar-refractivity contribution >= 4 is 34.5 Å². The van der Waals surface area contributed by atoms with Gasteiger partial charge in [0.15, 0.2) is 0 Å². The molecule has 2 aromatic carbocycles. The Morgan fingerprint density at radius 1 is 1.00 bits per heavy atom. The Morgan fingerprint density at radius 3 is 2.45 bits per heavy atom. The van der Waals surface area contributed by atoms with E-state index in [0.29, 0.717) is 18.1 Å². The summed E-state index contributed by atoms with van der Waals surface area (Å²) >= 11 is 7.55. The first-order valence-electron chi connectivity index (χ1n) is 10.7. The first-order chi connectivity index (χ1) is 16.1. The average Bonchev–Trinajstić information content (AvgIpc) is 3.50. The van der Waals surface area contributed by atoms with Crippen LogP contribution in [0.5, 0.6) is 0 Å². The van der Waals surface area contributed by atoms with Crippen LogP contribution in [0.25, 0.3) is 22.0 Å². The van der Waals surface area contributed by atoms with Crippen LogP contribution in [0.2, 0.25) is 5.02 Å². The number of nitrogens with zero attached hydrogens (tertiary/aromatic N) is 4. The van der Waals surface area contributed by atoms with E-state index in [9.17, 15) is 9.18 Å². The van der Waals surface area contributed by atoms with Crippen LogP contribution < -0.4 is 4.90 Å². The molecular formula is C25H22ClFN4OS. The molecule has 5 nitrogen and oxygen atoms in total. The zero-order valence-corrected chi connectivity index (χ0v) is 19.4. The summed E-state index contributed by atoms with van der Waals surface area (Å²) in [4.78, 5) is 21.9. The number of carbonyl (C=O) groups is 1. The molecule has 0 radical (unpaired) electrons. The van der Waals surface area contributed by atoms with Gasteiger partial charge in [-0.1, -0.05) is 23.7 Å². The maximum absolute atomic E-state index is 13.2. The fourth-order valence-corrected chi connectivity index (χ4v) is 5.00. The Balaban J connectivity index is 1.23. The van der Waals surface area contributed by atoms with Gasteiger partial charge in [-0.25, -0.2) is 9.37 Å². The molecule has 8 heteroatoms. The summed E-state index contributed by atoms with van der Waals surface area (Å²) in [5, 5.41) is 3.59. The highest BCUT2D eigenvalue weighted by molar-refractivity contribution is 7.13. The summed E-state index contributed by atoms with van der Waals surface area (Å²) < 4.78 is 15.1. The van der Waals surface area contributed by atoms with Gasteiger partial charge in [0.25, 0.3) is 0 Å². The van der Waals surface area contributed by atoms with Crippen LogP contribution in [0, 0.1) is 5.82 Å². The standard InChI is InChI=1S/C25H22ClFN4OS/c26-19-5-3-18(4-6-19)22-17-33-25(28-22)23-2-1-11-31(23)16-24(32)30-14-12-29(13-15-30)21-9-7-20(27)8-10-21/h1-11,17H,12-16H2. The average molecular weight is 481 g/mol. The summed E-state index contributed by atoms with van der Waals surface area (Å²) in [6.45, 7) is 3.02. The van der Waals surface area contributed by atoms with E-state index in [0.717, 1.165) is 40.7 Å². The largest absolute Gasteiger partial charge is 0.368 e. The van der Waals surface area contributed by atoms with Gasteiger partial charge in [-0.15, -0.1) is 11.3 Å². The number of halogens is 2. The van der Waals surface area contributed by atoms with Crippen molar-refractivity contribution in [2.45, 2.75) is 6.54 Å². The van der Waals surface area contributed by atoms with Gasteiger partial charge in [-0.3, -0.25) is 4.79 Å². The van der Waals surface area contributed by atoms with E-state index in [2.05, 4.69) is 4.90 Å². The van der Waals surface area contributed by atoms with E-state index in [1.54, 1.807) is 23.5 Å². The van der Waals surface area contributed by atoms with Gasteiger partial charge in [-0.05, 0) is 48.5 Å². The Bertz CT molecular complexity index is 1240. The molecule has 0 saturated carbocycles. The molecule has 0 spiro atoms. The Hall–Kier alpha value is -3.16. The lowest BCUT2D eigenvalue weighted by atomic mass is 10.2. The maximum atomic E-state index is 13.2. The van der Waals surface area contributed by atoms with Gasteiger partial charge in [0, 0.05) is 54.0 Å². The molecule has 1 aliphatic rings. The predicted molar refractivity (Wildman–Crippen MR) is 131 cm³/mol. The summed E-state index contributed by atoms with van der Waals surface area (Å²) in [6.07, 6.45) is 1.92. The van der Waals surface area contributed by atoms with Crippen LogP contribution >= 0.6 is 22.9 Å². The minimum Gasteiger partial charge on any atom is -0.368 e. The number of amides is 1. The number of carbonyl (C=O) groups excluding carboxylic acids is 1. The van der Waals surface area contributed by atoms with Gasteiger partial charge in [0.1, 0.15) is 17.4 Å². The summed E-state index contributed by atoms with van der Waals surface area (Å²) in [7, 11) is 0. The number of benzene rings is 2. The molecule has 4 aromatic rings. The van der Waals surface area contributed by atoms with E-state index in [4.69, 9.17) is 16.6 Å². The minimum absolute atomic E-state index is 0.0840. The molecule has 1 amide bonds. The quantitative estimate of drug-likeness (QED) is 0.383. The number of rotatable bonds is 5. The van der Waals surface area contributed by atoms with Crippen molar-refractivity contribution in [1.29, 1.82) is 0 Å². The zero-order chi connectivity index (χ0) is 22.8. The van der Waals surface area contributed by atoms with Crippen molar-refractivity contribution in [3.63, 3.8) is 0 Å². The Morgan fingerprint density at radius 2 is 1.73 bits per heavy atom. The van der Waals surface area contributed by atoms with Crippen LogP contribution in [0.15, 0.2) is 72.2 Å². The summed E-state index contributed by atoms with van der Waals surface area (Å²) in [6, 6.07) is 18.1.